The second-order valence-corrected chi connectivity index (χ2v) is 5.17. The lowest BCUT2D eigenvalue weighted by atomic mass is 10.2. The van der Waals surface area contributed by atoms with Crippen molar-refractivity contribution < 1.29 is 0 Å². The van der Waals surface area contributed by atoms with Crippen molar-refractivity contribution in [1.82, 2.24) is 9.97 Å². The van der Waals surface area contributed by atoms with Gasteiger partial charge < -0.3 is 4.98 Å². The highest BCUT2D eigenvalue weighted by Crippen LogP contribution is 2.31. The molecule has 0 fully saturated rings. The quantitative estimate of drug-likeness (QED) is 0.723. The summed E-state index contributed by atoms with van der Waals surface area (Å²) in [4.78, 5) is 9.12. The number of aromatic nitrogens is 2. The second kappa shape index (κ2) is 4.17. The van der Waals surface area contributed by atoms with Crippen LogP contribution in [-0.4, -0.2) is 9.97 Å². The Balaban J connectivity index is 2.22. The lowest BCUT2D eigenvalue weighted by Crippen LogP contribution is -1.82. The minimum absolute atomic E-state index is 0.694. The van der Waals surface area contributed by atoms with Crippen LogP contribution < -0.4 is 0 Å². The van der Waals surface area contributed by atoms with Gasteiger partial charge in [0.2, 0.25) is 0 Å². The molecule has 0 bridgehead atoms. The number of para-hydroxylation sites is 1. The first kappa shape index (κ1) is 10.8. The van der Waals surface area contributed by atoms with Crippen LogP contribution in [0.2, 0.25) is 5.02 Å². The zero-order valence-electron chi connectivity index (χ0n) is 9.33. The number of aryl methyl sites for hydroxylation is 1. The van der Waals surface area contributed by atoms with Crippen LogP contribution in [0.5, 0.6) is 0 Å². The number of benzene rings is 1. The summed E-state index contributed by atoms with van der Waals surface area (Å²) in [6.45, 7) is 2.15. The molecule has 86 valence electrons. The van der Waals surface area contributed by atoms with Crippen molar-refractivity contribution >= 4 is 34.0 Å². The lowest BCUT2D eigenvalue weighted by molar-refractivity contribution is 1.15. The van der Waals surface area contributed by atoms with Gasteiger partial charge >= 0.3 is 0 Å². The molecule has 0 aliphatic heterocycles. The van der Waals surface area contributed by atoms with E-state index < -0.39 is 0 Å². The van der Waals surface area contributed by atoms with Gasteiger partial charge in [-0.25, -0.2) is 4.98 Å². The summed E-state index contributed by atoms with van der Waals surface area (Å²) in [6.07, 6.45) is 1.02. The number of hydrogen-bond acceptors (Lipinski definition) is 2. The van der Waals surface area contributed by atoms with Gasteiger partial charge in [-0.15, -0.1) is 11.3 Å². The summed E-state index contributed by atoms with van der Waals surface area (Å²) < 4.78 is 0. The Morgan fingerprint density at radius 1 is 1.35 bits per heavy atom. The average Bonchev–Trinajstić information content (AvgIpc) is 2.94. The largest absolute Gasteiger partial charge is 0.337 e. The third-order valence-corrected chi connectivity index (χ3v) is 4.07. The molecule has 0 aliphatic carbocycles. The Bertz CT molecular complexity index is 669. The van der Waals surface area contributed by atoms with E-state index in [-0.39, 0.29) is 0 Å². The molecule has 0 amide bonds. The van der Waals surface area contributed by atoms with E-state index >= 15 is 0 Å². The SMILES string of the molecule is CCc1ccsc1-c1nc2c(Cl)cccc2[nH]1. The van der Waals surface area contributed by atoms with Crippen LogP contribution in [-0.2, 0) is 6.42 Å². The fraction of sp³-hybridized carbons (Fsp3) is 0.154. The number of nitrogens with zero attached hydrogens (tertiary/aromatic N) is 1. The highest BCUT2D eigenvalue weighted by molar-refractivity contribution is 7.13. The number of imidazole rings is 1. The maximum absolute atomic E-state index is 6.13. The van der Waals surface area contributed by atoms with Crippen molar-refractivity contribution in [2.24, 2.45) is 0 Å². The van der Waals surface area contributed by atoms with Gasteiger partial charge in [0.15, 0.2) is 0 Å². The molecular formula is C13H11ClN2S. The molecule has 17 heavy (non-hydrogen) atoms. The van der Waals surface area contributed by atoms with E-state index in [1.165, 1.54) is 10.4 Å². The topological polar surface area (TPSA) is 28.7 Å². The molecule has 3 aromatic rings. The molecule has 2 nitrogen and oxygen atoms in total. The van der Waals surface area contributed by atoms with Crippen molar-refractivity contribution in [2.45, 2.75) is 13.3 Å². The lowest BCUT2D eigenvalue weighted by Gasteiger charge is -1.95. The predicted octanol–water partition coefficient (Wildman–Crippen LogP) is 4.51. The van der Waals surface area contributed by atoms with E-state index in [4.69, 9.17) is 11.6 Å². The molecule has 1 aromatic carbocycles. The Morgan fingerprint density at radius 3 is 3.00 bits per heavy atom. The van der Waals surface area contributed by atoms with Crippen LogP contribution in [0.3, 0.4) is 0 Å². The fourth-order valence-corrected chi connectivity index (χ4v) is 3.08. The van der Waals surface area contributed by atoms with E-state index in [0.29, 0.717) is 5.02 Å². The summed E-state index contributed by atoms with van der Waals surface area (Å²) in [5.41, 5.74) is 3.16. The molecule has 0 saturated heterocycles. The van der Waals surface area contributed by atoms with E-state index in [0.717, 1.165) is 23.3 Å². The molecule has 2 heterocycles. The first-order chi connectivity index (χ1) is 8.29. The van der Waals surface area contributed by atoms with E-state index in [1.807, 2.05) is 18.2 Å². The number of H-pyrrole nitrogens is 1. The van der Waals surface area contributed by atoms with Gasteiger partial charge in [-0.1, -0.05) is 24.6 Å². The van der Waals surface area contributed by atoms with Gasteiger partial charge in [-0.05, 0) is 35.6 Å². The second-order valence-electron chi connectivity index (χ2n) is 3.85. The third-order valence-electron chi connectivity index (χ3n) is 2.81. The third kappa shape index (κ3) is 1.75. The smallest absolute Gasteiger partial charge is 0.148 e. The molecular weight excluding hydrogens is 252 g/mol. The molecule has 0 radical (unpaired) electrons. The fourth-order valence-electron chi connectivity index (χ4n) is 1.93. The number of halogens is 1. The van der Waals surface area contributed by atoms with Crippen LogP contribution in [0.1, 0.15) is 12.5 Å². The first-order valence-electron chi connectivity index (χ1n) is 5.50. The van der Waals surface area contributed by atoms with Crippen molar-refractivity contribution in [1.29, 1.82) is 0 Å². The van der Waals surface area contributed by atoms with Crippen LogP contribution in [0.25, 0.3) is 21.7 Å². The van der Waals surface area contributed by atoms with Crippen LogP contribution in [0, 0.1) is 0 Å². The normalized spacial score (nSPS) is 11.2. The molecule has 1 N–H and O–H groups in total. The Morgan fingerprint density at radius 2 is 2.24 bits per heavy atom. The minimum atomic E-state index is 0.694. The summed E-state index contributed by atoms with van der Waals surface area (Å²) in [5.74, 6) is 0.917. The highest BCUT2D eigenvalue weighted by atomic mass is 35.5. The van der Waals surface area contributed by atoms with Gasteiger partial charge in [0.25, 0.3) is 0 Å². The number of hydrogen-bond donors (Lipinski definition) is 1. The predicted molar refractivity (Wildman–Crippen MR) is 73.8 cm³/mol. The van der Waals surface area contributed by atoms with Gasteiger partial charge in [0, 0.05) is 0 Å². The summed E-state index contributed by atoms with van der Waals surface area (Å²) >= 11 is 7.84. The molecule has 0 saturated carbocycles. The number of aromatic amines is 1. The Kier molecular flexibility index (Phi) is 2.65. The first-order valence-corrected chi connectivity index (χ1v) is 6.76. The molecule has 2 aromatic heterocycles. The molecule has 0 spiro atoms. The number of nitrogens with one attached hydrogen (secondary N) is 1. The van der Waals surface area contributed by atoms with Crippen molar-refractivity contribution in [3.8, 4) is 10.7 Å². The zero-order chi connectivity index (χ0) is 11.8. The standard InChI is InChI=1S/C13H11ClN2S/c1-2-8-6-7-17-12(8)13-15-10-5-3-4-9(14)11(10)16-13/h3-7H,2H2,1H3,(H,15,16). The van der Waals surface area contributed by atoms with Crippen molar-refractivity contribution in [3.05, 3.63) is 40.2 Å². The van der Waals surface area contributed by atoms with Crippen molar-refractivity contribution in [3.63, 3.8) is 0 Å². The van der Waals surface area contributed by atoms with Crippen LogP contribution >= 0.6 is 22.9 Å². The van der Waals surface area contributed by atoms with Gasteiger partial charge in [0.1, 0.15) is 11.3 Å². The Hall–Kier alpha value is -1.32. The minimum Gasteiger partial charge on any atom is -0.337 e. The molecule has 4 heteroatoms. The average molecular weight is 263 g/mol. The van der Waals surface area contributed by atoms with E-state index in [9.17, 15) is 0 Å². The number of rotatable bonds is 2. The number of fused-ring (bicyclic) bond motifs is 1. The van der Waals surface area contributed by atoms with E-state index in [1.54, 1.807) is 11.3 Å². The summed E-state index contributed by atoms with van der Waals surface area (Å²) in [6, 6.07) is 7.94. The van der Waals surface area contributed by atoms with E-state index in [2.05, 4.69) is 28.3 Å². The van der Waals surface area contributed by atoms with Crippen LogP contribution in [0.15, 0.2) is 29.6 Å². The van der Waals surface area contributed by atoms with Gasteiger partial charge in [-0.3, -0.25) is 0 Å². The molecule has 0 unspecified atom stereocenters. The van der Waals surface area contributed by atoms with Gasteiger partial charge in [-0.2, -0.15) is 0 Å². The van der Waals surface area contributed by atoms with Crippen LogP contribution in [0.4, 0.5) is 0 Å². The Labute approximate surface area is 108 Å². The van der Waals surface area contributed by atoms with Crippen molar-refractivity contribution in [2.75, 3.05) is 0 Å². The number of thiophene rings is 1. The molecule has 0 atom stereocenters. The zero-order valence-corrected chi connectivity index (χ0v) is 10.9. The maximum atomic E-state index is 6.13. The maximum Gasteiger partial charge on any atom is 0.148 e. The highest BCUT2D eigenvalue weighted by Gasteiger charge is 2.11. The summed E-state index contributed by atoms with van der Waals surface area (Å²) in [5, 5.41) is 2.79. The molecule has 0 aliphatic rings. The monoisotopic (exact) mass is 262 g/mol. The summed E-state index contributed by atoms with van der Waals surface area (Å²) in [7, 11) is 0. The van der Waals surface area contributed by atoms with Gasteiger partial charge in [0.05, 0.1) is 15.4 Å². The molecule has 3 rings (SSSR count).